The average molecular weight is 238 g/mol. The van der Waals surface area contributed by atoms with Crippen molar-refractivity contribution in [1.29, 1.82) is 0 Å². The van der Waals surface area contributed by atoms with Gasteiger partial charge in [0, 0.05) is 18.1 Å². The smallest absolute Gasteiger partial charge is 0.123 e. The number of nitrogens with one attached hydrogen (secondary N) is 1. The zero-order valence-electron chi connectivity index (χ0n) is 11.0. The molecule has 0 saturated carbocycles. The Kier molecular flexibility index (Phi) is 5.09. The second kappa shape index (κ2) is 6.12. The Balaban J connectivity index is 2.70. The van der Waals surface area contributed by atoms with Gasteiger partial charge < -0.3 is 11.1 Å². The molecule has 2 atom stereocenters. The molecule has 0 aliphatic carbocycles. The van der Waals surface area contributed by atoms with Crippen LogP contribution in [0.3, 0.4) is 0 Å². The van der Waals surface area contributed by atoms with Gasteiger partial charge in [0.2, 0.25) is 0 Å². The summed E-state index contributed by atoms with van der Waals surface area (Å²) in [6, 6.07) is 7.07. The van der Waals surface area contributed by atoms with Crippen molar-refractivity contribution in [2.75, 3.05) is 6.54 Å². The summed E-state index contributed by atoms with van der Waals surface area (Å²) in [6.45, 7) is 6.97. The molecule has 17 heavy (non-hydrogen) atoms. The van der Waals surface area contributed by atoms with Crippen LogP contribution in [0.5, 0.6) is 0 Å². The Morgan fingerprint density at radius 1 is 1.35 bits per heavy atom. The first-order valence-corrected chi connectivity index (χ1v) is 6.21. The van der Waals surface area contributed by atoms with E-state index in [-0.39, 0.29) is 11.4 Å². The van der Waals surface area contributed by atoms with Gasteiger partial charge in [0.25, 0.3) is 0 Å². The molecule has 3 N–H and O–H groups in total. The van der Waals surface area contributed by atoms with Crippen molar-refractivity contribution in [2.24, 2.45) is 5.73 Å². The quantitative estimate of drug-likeness (QED) is 0.799. The van der Waals surface area contributed by atoms with Gasteiger partial charge in [0.1, 0.15) is 5.82 Å². The number of nitrogens with two attached hydrogens (primary N) is 1. The Morgan fingerprint density at radius 3 is 2.41 bits per heavy atom. The van der Waals surface area contributed by atoms with Gasteiger partial charge in [-0.25, -0.2) is 4.39 Å². The van der Waals surface area contributed by atoms with E-state index in [1.54, 1.807) is 0 Å². The maximum atomic E-state index is 12.8. The van der Waals surface area contributed by atoms with E-state index in [2.05, 4.69) is 26.1 Å². The number of hydrogen-bond donors (Lipinski definition) is 2. The van der Waals surface area contributed by atoms with Gasteiger partial charge in [-0.1, -0.05) is 19.1 Å². The van der Waals surface area contributed by atoms with E-state index in [0.717, 1.165) is 18.4 Å². The summed E-state index contributed by atoms with van der Waals surface area (Å²) >= 11 is 0. The molecule has 0 aliphatic heterocycles. The van der Waals surface area contributed by atoms with E-state index in [0.29, 0.717) is 12.6 Å². The fourth-order valence-corrected chi connectivity index (χ4v) is 1.93. The van der Waals surface area contributed by atoms with Crippen molar-refractivity contribution in [3.8, 4) is 0 Å². The first-order chi connectivity index (χ1) is 7.99. The average Bonchev–Trinajstić information content (AvgIpc) is 2.32. The molecule has 96 valence electrons. The highest BCUT2D eigenvalue weighted by atomic mass is 19.1. The Hall–Kier alpha value is -0.930. The van der Waals surface area contributed by atoms with Crippen molar-refractivity contribution in [3.63, 3.8) is 0 Å². The molecule has 2 nitrogen and oxygen atoms in total. The highest BCUT2D eigenvalue weighted by molar-refractivity contribution is 5.19. The molecule has 0 bridgehead atoms. The third-order valence-corrected chi connectivity index (χ3v) is 3.17. The van der Waals surface area contributed by atoms with Crippen LogP contribution in [0.4, 0.5) is 4.39 Å². The van der Waals surface area contributed by atoms with Crippen LogP contribution in [0, 0.1) is 5.82 Å². The molecule has 0 spiro atoms. The topological polar surface area (TPSA) is 38.0 Å². The standard InChI is InChI=1S/C14H23FN2/c1-4-11(2)17-14(3,10-16)9-12-5-7-13(15)8-6-12/h5-8,11,17H,4,9-10,16H2,1-3H3. The summed E-state index contributed by atoms with van der Waals surface area (Å²) in [5, 5.41) is 3.54. The third-order valence-electron chi connectivity index (χ3n) is 3.17. The molecular formula is C14H23FN2. The van der Waals surface area contributed by atoms with Crippen LogP contribution >= 0.6 is 0 Å². The molecule has 1 aromatic carbocycles. The summed E-state index contributed by atoms with van der Waals surface area (Å²) < 4.78 is 12.8. The van der Waals surface area contributed by atoms with Crippen molar-refractivity contribution in [2.45, 2.75) is 45.2 Å². The molecule has 0 radical (unpaired) electrons. The molecule has 1 rings (SSSR count). The van der Waals surface area contributed by atoms with Crippen molar-refractivity contribution >= 4 is 0 Å². The lowest BCUT2D eigenvalue weighted by Gasteiger charge is -2.33. The van der Waals surface area contributed by atoms with Crippen molar-refractivity contribution < 1.29 is 4.39 Å². The van der Waals surface area contributed by atoms with Crippen LogP contribution in [0.25, 0.3) is 0 Å². The maximum Gasteiger partial charge on any atom is 0.123 e. The largest absolute Gasteiger partial charge is 0.329 e. The number of hydrogen-bond acceptors (Lipinski definition) is 2. The lowest BCUT2D eigenvalue weighted by Crippen LogP contribution is -2.53. The van der Waals surface area contributed by atoms with Gasteiger partial charge in [0.15, 0.2) is 0 Å². The molecule has 0 aromatic heterocycles. The summed E-state index contributed by atoms with van der Waals surface area (Å²) in [5.41, 5.74) is 6.83. The molecule has 0 heterocycles. The van der Waals surface area contributed by atoms with E-state index in [4.69, 9.17) is 5.73 Å². The minimum atomic E-state index is -0.196. The van der Waals surface area contributed by atoms with E-state index >= 15 is 0 Å². The second-order valence-corrected chi connectivity index (χ2v) is 5.02. The van der Waals surface area contributed by atoms with Crippen LogP contribution in [-0.4, -0.2) is 18.1 Å². The second-order valence-electron chi connectivity index (χ2n) is 5.02. The Morgan fingerprint density at radius 2 is 1.94 bits per heavy atom. The Bertz CT molecular complexity index is 337. The molecule has 3 heteroatoms. The molecular weight excluding hydrogens is 215 g/mol. The predicted octanol–water partition coefficient (Wildman–Crippen LogP) is 2.47. The van der Waals surface area contributed by atoms with Gasteiger partial charge in [-0.15, -0.1) is 0 Å². The van der Waals surface area contributed by atoms with Crippen LogP contribution in [0.1, 0.15) is 32.8 Å². The van der Waals surface area contributed by atoms with Gasteiger partial charge in [0.05, 0.1) is 0 Å². The van der Waals surface area contributed by atoms with E-state index < -0.39 is 0 Å². The zero-order chi connectivity index (χ0) is 12.9. The molecule has 2 unspecified atom stereocenters. The maximum absolute atomic E-state index is 12.8. The van der Waals surface area contributed by atoms with Gasteiger partial charge in [-0.2, -0.15) is 0 Å². The van der Waals surface area contributed by atoms with E-state index in [1.165, 1.54) is 12.1 Å². The number of halogens is 1. The zero-order valence-corrected chi connectivity index (χ0v) is 11.0. The van der Waals surface area contributed by atoms with E-state index in [1.807, 2.05) is 12.1 Å². The van der Waals surface area contributed by atoms with Gasteiger partial charge in [-0.05, 0) is 44.4 Å². The summed E-state index contributed by atoms with van der Waals surface area (Å²) in [5.74, 6) is -0.196. The van der Waals surface area contributed by atoms with Crippen molar-refractivity contribution in [1.82, 2.24) is 5.32 Å². The number of rotatable bonds is 6. The monoisotopic (exact) mass is 238 g/mol. The minimum Gasteiger partial charge on any atom is -0.329 e. The lowest BCUT2D eigenvalue weighted by molar-refractivity contribution is 0.317. The molecule has 0 saturated heterocycles. The first-order valence-electron chi connectivity index (χ1n) is 6.21. The highest BCUT2D eigenvalue weighted by Gasteiger charge is 2.24. The fourth-order valence-electron chi connectivity index (χ4n) is 1.93. The summed E-state index contributed by atoms with van der Waals surface area (Å²) in [7, 11) is 0. The summed E-state index contributed by atoms with van der Waals surface area (Å²) in [4.78, 5) is 0. The molecule has 0 fully saturated rings. The highest BCUT2D eigenvalue weighted by Crippen LogP contribution is 2.14. The third kappa shape index (κ3) is 4.44. The summed E-state index contributed by atoms with van der Waals surface area (Å²) in [6.07, 6.45) is 1.88. The number of benzene rings is 1. The van der Waals surface area contributed by atoms with E-state index in [9.17, 15) is 4.39 Å². The van der Waals surface area contributed by atoms with Crippen LogP contribution < -0.4 is 11.1 Å². The molecule has 0 aliphatic rings. The first kappa shape index (κ1) is 14.1. The minimum absolute atomic E-state index is 0.132. The van der Waals surface area contributed by atoms with Crippen LogP contribution in [0.15, 0.2) is 24.3 Å². The SMILES string of the molecule is CCC(C)NC(C)(CN)Cc1ccc(F)cc1. The Labute approximate surface area is 103 Å². The predicted molar refractivity (Wildman–Crippen MR) is 70.5 cm³/mol. The normalized spacial score (nSPS) is 16.5. The van der Waals surface area contributed by atoms with Gasteiger partial charge >= 0.3 is 0 Å². The molecule has 1 aromatic rings. The van der Waals surface area contributed by atoms with Crippen LogP contribution in [0.2, 0.25) is 0 Å². The lowest BCUT2D eigenvalue weighted by atomic mass is 9.91. The molecule has 0 amide bonds. The van der Waals surface area contributed by atoms with Crippen molar-refractivity contribution in [3.05, 3.63) is 35.6 Å². The van der Waals surface area contributed by atoms with Crippen LogP contribution in [-0.2, 0) is 6.42 Å². The van der Waals surface area contributed by atoms with Gasteiger partial charge in [-0.3, -0.25) is 0 Å². The fraction of sp³-hybridized carbons (Fsp3) is 0.571.